The highest BCUT2D eigenvalue weighted by Crippen LogP contribution is 2.30. The number of nitro groups is 1. The summed E-state index contributed by atoms with van der Waals surface area (Å²) in [6.45, 7) is 7.69. The number of para-hydroxylation sites is 1. The molecule has 0 bridgehead atoms. The Morgan fingerprint density at radius 3 is 2.56 bits per heavy atom. The number of carbonyl (C=O) groups is 1. The summed E-state index contributed by atoms with van der Waals surface area (Å²) in [7, 11) is 0. The second kappa shape index (κ2) is 8.44. The summed E-state index contributed by atoms with van der Waals surface area (Å²) in [4.78, 5) is 22.4. The predicted molar refractivity (Wildman–Crippen MR) is 104 cm³/mol. The van der Waals surface area contributed by atoms with Crippen molar-refractivity contribution in [1.29, 1.82) is 0 Å². The van der Waals surface area contributed by atoms with Crippen molar-refractivity contribution in [3.05, 3.63) is 69.8 Å². The van der Waals surface area contributed by atoms with Gasteiger partial charge in [-0.1, -0.05) is 51.1 Å². The Kier molecular flexibility index (Phi) is 6.28. The molecule has 7 nitrogen and oxygen atoms in total. The van der Waals surface area contributed by atoms with Crippen LogP contribution in [0.25, 0.3) is 0 Å². The molecule has 0 aliphatic carbocycles. The standard InChI is InChI=1S/C20H23N3O4/c1-14(15-8-7-9-16(12-15)23(25)26)21-22-19(24)13-27-18-11-6-5-10-17(18)20(2,3)4/h5-12H,13H2,1-4H3,(H,22,24). The van der Waals surface area contributed by atoms with Crippen LogP contribution in [0.5, 0.6) is 5.75 Å². The summed E-state index contributed by atoms with van der Waals surface area (Å²) in [6.07, 6.45) is 0. The number of nitrogens with zero attached hydrogens (tertiary/aromatic N) is 2. The second-order valence-corrected chi connectivity index (χ2v) is 7.07. The summed E-state index contributed by atoms with van der Waals surface area (Å²) in [5.74, 6) is 0.239. The van der Waals surface area contributed by atoms with Gasteiger partial charge >= 0.3 is 0 Å². The number of hydrazone groups is 1. The third-order valence-electron chi connectivity index (χ3n) is 3.88. The number of hydrogen-bond donors (Lipinski definition) is 1. The summed E-state index contributed by atoms with van der Waals surface area (Å²) < 4.78 is 5.64. The molecule has 0 atom stereocenters. The van der Waals surface area contributed by atoms with Gasteiger partial charge in [0.05, 0.1) is 10.6 Å². The van der Waals surface area contributed by atoms with E-state index in [9.17, 15) is 14.9 Å². The average molecular weight is 369 g/mol. The van der Waals surface area contributed by atoms with Crippen LogP contribution in [0.2, 0.25) is 0 Å². The van der Waals surface area contributed by atoms with Gasteiger partial charge in [0.15, 0.2) is 6.61 Å². The predicted octanol–water partition coefficient (Wildman–Crippen LogP) is 3.81. The molecule has 0 unspecified atom stereocenters. The molecule has 2 rings (SSSR count). The van der Waals surface area contributed by atoms with Gasteiger partial charge in [-0.15, -0.1) is 0 Å². The molecule has 2 aromatic carbocycles. The fraction of sp³-hybridized carbons (Fsp3) is 0.300. The van der Waals surface area contributed by atoms with Crippen molar-refractivity contribution >= 4 is 17.3 Å². The molecule has 0 fully saturated rings. The third kappa shape index (κ3) is 5.64. The van der Waals surface area contributed by atoms with Crippen LogP contribution in [-0.2, 0) is 10.2 Å². The zero-order valence-corrected chi connectivity index (χ0v) is 15.9. The minimum Gasteiger partial charge on any atom is -0.483 e. The van der Waals surface area contributed by atoms with E-state index in [1.165, 1.54) is 12.1 Å². The zero-order valence-electron chi connectivity index (χ0n) is 15.9. The molecule has 0 aliphatic heterocycles. The van der Waals surface area contributed by atoms with E-state index in [2.05, 4.69) is 31.3 Å². The maximum absolute atomic E-state index is 12.0. The smallest absolute Gasteiger partial charge is 0.277 e. The summed E-state index contributed by atoms with van der Waals surface area (Å²) in [5, 5.41) is 14.8. The monoisotopic (exact) mass is 369 g/mol. The molecule has 0 radical (unpaired) electrons. The van der Waals surface area contributed by atoms with E-state index in [4.69, 9.17) is 4.74 Å². The van der Waals surface area contributed by atoms with E-state index in [0.29, 0.717) is 17.0 Å². The maximum Gasteiger partial charge on any atom is 0.277 e. The van der Waals surface area contributed by atoms with E-state index in [-0.39, 0.29) is 17.7 Å². The van der Waals surface area contributed by atoms with Crippen molar-refractivity contribution in [2.45, 2.75) is 33.1 Å². The highest BCUT2D eigenvalue weighted by Gasteiger charge is 2.18. The first-order valence-electron chi connectivity index (χ1n) is 8.49. The Labute approximate surface area is 158 Å². The molecule has 0 spiro atoms. The first-order valence-corrected chi connectivity index (χ1v) is 8.49. The van der Waals surface area contributed by atoms with Crippen LogP contribution in [0.3, 0.4) is 0 Å². The molecular weight excluding hydrogens is 346 g/mol. The van der Waals surface area contributed by atoms with Crippen molar-refractivity contribution in [2.24, 2.45) is 5.10 Å². The molecule has 27 heavy (non-hydrogen) atoms. The van der Waals surface area contributed by atoms with Gasteiger partial charge < -0.3 is 4.74 Å². The number of benzene rings is 2. The number of ether oxygens (including phenoxy) is 1. The molecule has 0 saturated carbocycles. The van der Waals surface area contributed by atoms with Crippen molar-refractivity contribution in [1.82, 2.24) is 5.43 Å². The highest BCUT2D eigenvalue weighted by atomic mass is 16.6. The van der Waals surface area contributed by atoms with E-state index in [1.807, 2.05) is 24.3 Å². The fourth-order valence-corrected chi connectivity index (χ4v) is 2.44. The molecule has 0 heterocycles. The Balaban J connectivity index is 2.00. The topological polar surface area (TPSA) is 93.8 Å². The van der Waals surface area contributed by atoms with Crippen LogP contribution in [0, 0.1) is 10.1 Å². The third-order valence-corrected chi connectivity index (χ3v) is 3.88. The van der Waals surface area contributed by atoms with E-state index < -0.39 is 10.8 Å². The Morgan fingerprint density at radius 1 is 1.19 bits per heavy atom. The molecule has 7 heteroatoms. The molecular formula is C20H23N3O4. The normalized spacial score (nSPS) is 11.8. The van der Waals surface area contributed by atoms with Crippen LogP contribution in [0.15, 0.2) is 53.6 Å². The van der Waals surface area contributed by atoms with Gasteiger partial charge in [0.25, 0.3) is 11.6 Å². The molecule has 0 aromatic heterocycles. The summed E-state index contributed by atoms with van der Waals surface area (Å²) in [5.41, 5.74) is 4.30. The quantitative estimate of drug-likeness (QED) is 0.476. The number of non-ortho nitro benzene ring substituents is 1. The van der Waals surface area contributed by atoms with Crippen LogP contribution >= 0.6 is 0 Å². The van der Waals surface area contributed by atoms with Gasteiger partial charge in [-0.2, -0.15) is 5.10 Å². The van der Waals surface area contributed by atoms with Crippen LogP contribution in [-0.4, -0.2) is 23.1 Å². The number of hydrogen-bond acceptors (Lipinski definition) is 5. The maximum atomic E-state index is 12.0. The van der Waals surface area contributed by atoms with Crippen LogP contribution < -0.4 is 10.2 Å². The molecule has 0 aliphatic rings. The van der Waals surface area contributed by atoms with E-state index in [1.54, 1.807) is 19.1 Å². The highest BCUT2D eigenvalue weighted by molar-refractivity contribution is 5.99. The van der Waals surface area contributed by atoms with Crippen molar-refractivity contribution in [3.8, 4) is 5.75 Å². The molecule has 1 amide bonds. The number of rotatable bonds is 6. The van der Waals surface area contributed by atoms with E-state index in [0.717, 1.165) is 5.56 Å². The number of nitrogens with one attached hydrogen (secondary N) is 1. The van der Waals surface area contributed by atoms with Crippen molar-refractivity contribution in [2.75, 3.05) is 6.61 Å². The SMILES string of the molecule is CC(=NNC(=O)COc1ccccc1C(C)(C)C)c1cccc([N+](=O)[O-])c1. The number of amides is 1. The van der Waals surface area contributed by atoms with Gasteiger partial charge in [0, 0.05) is 17.7 Å². The lowest BCUT2D eigenvalue weighted by Crippen LogP contribution is -2.26. The Morgan fingerprint density at radius 2 is 1.89 bits per heavy atom. The molecule has 1 N–H and O–H groups in total. The van der Waals surface area contributed by atoms with Gasteiger partial charge in [-0.25, -0.2) is 5.43 Å². The fourth-order valence-electron chi connectivity index (χ4n) is 2.44. The average Bonchev–Trinajstić information content (AvgIpc) is 2.64. The van der Waals surface area contributed by atoms with Gasteiger partial charge in [0.2, 0.25) is 0 Å². The molecule has 0 saturated heterocycles. The van der Waals surface area contributed by atoms with Crippen molar-refractivity contribution < 1.29 is 14.5 Å². The summed E-state index contributed by atoms with van der Waals surface area (Å²) >= 11 is 0. The minimum absolute atomic E-state index is 0.0319. The van der Waals surface area contributed by atoms with Crippen LogP contribution in [0.1, 0.15) is 38.8 Å². The lowest BCUT2D eigenvalue weighted by molar-refractivity contribution is -0.384. The van der Waals surface area contributed by atoms with Gasteiger partial charge in [-0.3, -0.25) is 14.9 Å². The first kappa shape index (κ1) is 20.1. The number of nitro benzene ring substituents is 1. The Hall–Kier alpha value is -3.22. The van der Waals surface area contributed by atoms with Crippen molar-refractivity contribution in [3.63, 3.8) is 0 Å². The van der Waals surface area contributed by atoms with Crippen LogP contribution in [0.4, 0.5) is 5.69 Å². The largest absolute Gasteiger partial charge is 0.483 e. The first-order chi connectivity index (χ1) is 12.7. The number of carbonyl (C=O) groups excluding carboxylic acids is 1. The molecule has 2 aromatic rings. The van der Waals surface area contributed by atoms with Gasteiger partial charge in [-0.05, 0) is 24.0 Å². The van der Waals surface area contributed by atoms with Gasteiger partial charge in [0.1, 0.15) is 5.75 Å². The molecule has 142 valence electrons. The lowest BCUT2D eigenvalue weighted by Gasteiger charge is -2.22. The Bertz CT molecular complexity index is 870. The second-order valence-electron chi connectivity index (χ2n) is 7.07. The zero-order chi connectivity index (χ0) is 20.0. The lowest BCUT2D eigenvalue weighted by atomic mass is 9.86. The van der Waals surface area contributed by atoms with E-state index >= 15 is 0 Å². The minimum atomic E-state index is -0.476. The summed E-state index contributed by atoms with van der Waals surface area (Å²) in [6, 6.07) is 13.6.